The molecule has 3 atom stereocenters. The highest BCUT2D eigenvalue weighted by molar-refractivity contribution is 5.87. The van der Waals surface area contributed by atoms with E-state index in [4.69, 9.17) is 5.11 Å². The molecule has 0 aromatic heterocycles. The number of fused-ring (bicyclic) bond motifs is 1. The van der Waals surface area contributed by atoms with Gasteiger partial charge in [0.1, 0.15) is 6.04 Å². The van der Waals surface area contributed by atoms with Gasteiger partial charge in [-0.05, 0) is 38.0 Å². The van der Waals surface area contributed by atoms with Crippen LogP contribution in [0.15, 0.2) is 12.2 Å². The summed E-state index contributed by atoms with van der Waals surface area (Å²) in [6, 6.07) is -0.781. The van der Waals surface area contributed by atoms with Gasteiger partial charge in [0.15, 0.2) is 0 Å². The van der Waals surface area contributed by atoms with E-state index in [1.807, 2.05) is 6.92 Å². The van der Waals surface area contributed by atoms with E-state index in [9.17, 15) is 9.59 Å². The van der Waals surface area contributed by atoms with Gasteiger partial charge in [0.25, 0.3) is 0 Å². The van der Waals surface area contributed by atoms with E-state index in [2.05, 4.69) is 5.32 Å². The number of hydrogen-bond donors (Lipinski definition) is 2. The van der Waals surface area contributed by atoms with Crippen molar-refractivity contribution in [2.24, 2.45) is 17.8 Å². The van der Waals surface area contributed by atoms with Crippen LogP contribution in [0.2, 0.25) is 0 Å². The molecule has 0 saturated heterocycles. The van der Waals surface area contributed by atoms with Crippen molar-refractivity contribution in [1.29, 1.82) is 0 Å². The number of carboxylic acids is 1. The minimum absolute atomic E-state index is 0.0520. The third kappa shape index (κ3) is 2.74. The molecule has 100 valence electrons. The van der Waals surface area contributed by atoms with Gasteiger partial charge in [-0.1, -0.05) is 25.0 Å². The Morgan fingerprint density at radius 3 is 2.44 bits per heavy atom. The topological polar surface area (TPSA) is 66.4 Å². The molecular formula is C14H21NO3. The molecule has 2 N–H and O–H groups in total. The quantitative estimate of drug-likeness (QED) is 0.734. The van der Waals surface area contributed by atoms with Crippen LogP contribution >= 0.6 is 0 Å². The van der Waals surface area contributed by atoms with E-state index in [1.54, 1.807) is 12.2 Å². The maximum atomic E-state index is 12.1. The molecule has 1 amide bonds. The number of allylic oxidation sites excluding steroid dienone is 1. The second-order valence-electron chi connectivity index (χ2n) is 5.34. The Kier molecular flexibility index (Phi) is 4.04. The van der Waals surface area contributed by atoms with Gasteiger partial charge < -0.3 is 10.4 Å². The fourth-order valence-electron chi connectivity index (χ4n) is 3.14. The van der Waals surface area contributed by atoms with Gasteiger partial charge in [-0.25, -0.2) is 4.79 Å². The van der Waals surface area contributed by atoms with Crippen molar-refractivity contribution in [2.75, 3.05) is 0 Å². The van der Waals surface area contributed by atoms with Crippen LogP contribution in [0.4, 0.5) is 0 Å². The summed E-state index contributed by atoms with van der Waals surface area (Å²) < 4.78 is 0. The average Bonchev–Trinajstić information content (AvgIpc) is 3.08. The lowest BCUT2D eigenvalue weighted by Gasteiger charge is -2.12. The van der Waals surface area contributed by atoms with E-state index in [0.717, 1.165) is 12.8 Å². The lowest BCUT2D eigenvalue weighted by molar-refractivity contribution is -0.142. The summed E-state index contributed by atoms with van der Waals surface area (Å²) in [6.07, 6.45) is 8.64. The van der Waals surface area contributed by atoms with Crippen molar-refractivity contribution in [3.8, 4) is 0 Å². The lowest BCUT2D eigenvalue weighted by atomic mass is 10.0. The second-order valence-corrected chi connectivity index (χ2v) is 5.34. The molecule has 0 heterocycles. The van der Waals surface area contributed by atoms with Gasteiger partial charge in [0, 0.05) is 5.92 Å². The van der Waals surface area contributed by atoms with Crippen molar-refractivity contribution in [3.05, 3.63) is 12.2 Å². The molecule has 2 fully saturated rings. The molecule has 4 heteroatoms. The summed E-state index contributed by atoms with van der Waals surface area (Å²) in [7, 11) is 0. The number of carbonyl (C=O) groups is 2. The summed E-state index contributed by atoms with van der Waals surface area (Å²) >= 11 is 0. The molecular weight excluding hydrogens is 230 g/mol. The maximum Gasteiger partial charge on any atom is 0.326 e. The Bertz CT molecular complexity index is 352. The monoisotopic (exact) mass is 251 g/mol. The van der Waals surface area contributed by atoms with Crippen LogP contribution in [0.25, 0.3) is 0 Å². The summed E-state index contributed by atoms with van der Waals surface area (Å²) in [5.74, 6) is 0.124. The van der Waals surface area contributed by atoms with E-state index >= 15 is 0 Å². The highest BCUT2D eigenvalue weighted by Crippen LogP contribution is 2.55. The third-order valence-electron chi connectivity index (χ3n) is 4.18. The Labute approximate surface area is 107 Å². The molecule has 2 rings (SSSR count). The first-order valence-corrected chi connectivity index (χ1v) is 6.79. The second kappa shape index (κ2) is 5.55. The predicted molar refractivity (Wildman–Crippen MR) is 67.9 cm³/mol. The van der Waals surface area contributed by atoms with Gasteiger partial charge in [-0.3, -0.25) is 4.79 Å². The van der Waals surface area contributed by atoms with Crippen LogP contribution in [0.1, 0.15) is 39.0 Å². The van der Waals surface area contributed by atoms with Crippen LogP contribution in [0, 0.1) is 17.8 Å². The molecule has 0 bridgehead atoms. The zero-order valence-electron chi connectivity index (χ0n) is 10.8. The molecule has 0 aromatic carbocycles. The third-order valence-corrected chi connectivity index (χ3v) is 4.18. The van der Waals surface area contributed by atoms with Crippen molar-refractivity contribution < 1.29 is 14.7 Å². The van der Waals surface area contributed by atoms with Crippen LogP contribution < -0.4 is 5.32 Å². The van der Waals surface area contributed by atoms with E-state index in [0.29, 0.717) is 18.3 Å². The highest BCUT2D eigenvalue weighted by Gasteiger charge is 2.54. The summed E-state index contributed by atoms with van der Waals surface area (Å²) in [5.41, 5.74) is 0. The molecule has 0 aromatic rings. The van der Waals surface area contributed by atoms with Crippen molar-refractivity contribution in [2.45, 2.75) is 45.1 Å². The Balaban J connectivity index is 1.87. The maximum absolute atomic E-state index is 12.1. The molecule has 2 aliphatic rings. The first kappa shape index (κ1) is 13.1. The normalized spacial score (nSPS) is 31.7. The zero-order valence-corrected chi connectivity index (χ0v) is 10.8. The number of hydrogen-bond acceptors (Lipinski definition) is 2. The van der Waals surface area contributed by atoms with Crippen molar-refractivity contribution >= 4 is 11.9 Å². The molecule has 0 radical (unpaired) electrons. The van der Waals surface area contributed by atoms with Gasteiger partial charge in [-0.15, -0.1) is 0 Å². The molecule has 2 aliphatic carbocycles. The minimum Gasteiger partial charge on any atom is -0.480 e. The molecule has 4 nitrogen and oxygen atoms in total. The molecule has 0 spiro atoms. The van der Waals surface area contributed by atoms with E-state index < -0.39 is 12.0 Å². The summed E-state index contributed by atoms with van der Waals surface area (Å²) in [4.78, 5) is 23.1. The fraction of sp³-hybridized carbons (Fsp3) is 0.714. The van der Waals surface area contributed by atoms with Crippen LogP contribution in [-0.4, -0.2) is 23.0 Å². The van der Waals surface area contributed by atoms with Crippen LogP contribution in [0.3, 0.4) is 0 Å². The predicted octanol–water partition coefficient (Wildman–Crippen LogP) is 1.96. The fourth-order valence-corrected chi connectivity index (χ4v) is 3.14. The lowest BCUT2D eigenvalue weighted by Crippen LogP contribution is -2.41. The number of amides is 1. The molecule has 3 unspecified atom stereocenters. The van der Waals surface area contributed by atoms with Crippen molar-refractivity contribution in [1.82, 2.24) is 5.32 Å². The van der Waals surface area contributed by atoms with E-state index in [1.165, 1.54) is 12.8 Å². The standard InChI is InChI=1S/C14H21NO3/c1-2-3-8-11(14(17)18)15-13(16)12-9-6-4-5-7-10(9)12/h2-3,9-12H,4-8H2,1H3,(H,15,16)(H,17,18)/b3-2+. The smallest absolute Gasteiger partial charge is 0.326 e. The SMILES string of the molecule is C/C=C/CC(NC(=O)C1C2CCCCC21)C(=O)O. The van der Waals surface area contributed by atoms with Gasteiger partial charge >= 0.3 is 5.97 Å². The van der Waals surface area contributed by atoms with Gasteiger partial charge in [-0.2, -0.15) is 0 Å². The van der Waals surface area contributed by atoms with E-state index in [-0.39, 0.29) is 11.8 Å². The Morgan fingerprint density at radius 1 is 1.33 bits per heavy atom. The Hall–Kier alpha value is -1.32. The largest absolute Gasteiger partial charge is 0.480 e. The minimum atomic E-state index is -0.954. The first-order chi connectivity index (χ1) is 8.65. The van der Waals surface area contributed by atoms with Crippen LogP contribution in [0.5, 0.6) is 0 Å². The van der Waals surface area contributed by atoms with Crippen LogP contribution in [-0.2, 0) is 9.59 Å². The average molecular weight is 251 g/mol. The van der Waals surface area contributed by atoms with Crippen molar-refractivity contribution in [3.63, 3.8) is 0 Å². The summed E-state index contributed by atoms with van der Waals surface area (Å²) in [6.45, 7) is 1.84. The van der Waals surface area contributed by atoms with Gasteiger partial charge in [0.05, 0.1) is 0 Å². The van der Waals surface area contributed by atoms with Gasteiger partial charge in [0.2, 0.25) is 5.91 Å². The summed E-state index contributed by atoms with van der Waals surface area (Å²) in [5, 5.41) is 11.7. The first-order valence-electron chi connectivity index (χ1n) is 6.79. The number of carbonyl (C=O) groups excluding carboxylic acids is 1. The number of nitrogens with one attached hydrogen (secondary N) is 1. The highest BCUT2D eigenvalue weighted by atomic mass is 16.4. The Morgan fingerprint density at radius 2 is 1.94 bits per heavy atom. The number of aliphatic carboxylic acids is 1. The molecule has 2 saturated carbocycles. The molecule has 18 heavy (non-hydrogen) atoms. The molecule has 0 aliphatic heterocycles. The zero-order chi connectivity index (χ0) is 13.1. The number of carboxylic acid groups (broad SMARTS) is 1. The number of rotatable bonds is 5.